The van der Waals surface area contributed by atoms with Gasteiger partial charge in [0, 0.05) is 5.92 Å². The van der Waals surface area contributed by atoms with Gasteiger partial charge in [-0.05, 0) is 24.6 Å². The van der Waals surface area contributed by atoms with Gasteiger partial charge in [0.2, 0.25) is 0 Å². The molecule has 0 aliphatic heterocycles. The summed E-state index contributed by atoms with van der Waals surface area (Å²) >= 11 is 0. The number of hydrogen-bond donors (Lipinski definition) is 0. The fourth-order valence-electron chi connectivity index (χ4n) is 1.10. The molecular weight excluding hydrogens is 230 g/mol. The Labute approximate surface area is 107 Å². The van der Waals surface area contributed by atoms with Crippen molar-refractivity contribution in [3.05, 3.63) is 11.4 Å². The highest BCUT2D eigenvalue weighted by atomic mass is 28.4. The van der Waals surface area contributed by atoms with Gasteiger partial charge in [-0.25, -0.2) is 11.4 Å². The van der Waals surface area contributed by atoms with Crippen LogP contribution in [0.25, 0.3) is 4.85 Å². The molecule has 0 fully saturated rings. The molecule has 0 aliphatic rings. The maximum atomic E-state index is 12.0. The highest BCUT2D eigenvalue weighted by Crippen LogP contribution is 2.37. The molecule has 0 saturated heterocycles. The molecule has 2 atom stereocenters. The summed E-state index contributed by atoms with van der Waals surface area (Å²) in [5.41, 5.74) is 0. The van der Waals surface area contributed by atoms with Gasteiger partial charge in [-0.3, -0.25) is 0 Å². The van der Waals surface area contributed by atoms with Crippen LogP contribution in [0.1, 0.15) is 41.0 Å². The van der Waals surface area contributed by atoms with E-state index in [1.54, 1.807) is 0 Å². The van der Waals surface area contributed by atoms with Gasteiger partial charge >= 0.3 is 12.0 Å². The van der Waals surface area contributed by atoms with E-state index >= 15 is 0 Å². The molecule has 0 rings (SSSR count). The second-order valence-electron chi connectivity index (χ2n) is 6.14. The minimum atomic E-state index is -2.10. The molecule has 0 aromatic rings. The minimum Gasteiger partial charge on any atom is -0.513 e. The topological polar surface area (TPSA) is 30.7 Å². The molecule has 0 aromatic heterocycles. The molecule has 0 N–H and O–H groups in total. The average Bonchev–Trinajstić information content (AvgIpc) is 2.15. The minimum absolute atomic E-state index is 0.00924. The summed E-state index contributed by atoms with van der Waals surface area (Å²) in [5, 5.41) is -0.00924. The largest absolute Gasteiger partial charge is 0.513 e. The Bertz CT molecular complexity index is 312. The van der Waals surface area contributed by atoms with Crippen LogP contribution in [0.15, 0.2) is 0 Å². The van der Waals surface area contributed by atoms with Crippen molar-refractivity contribution in [3.63, 3.8) is 0 Å². The van der Waals surface area contributed by atoms with Gasteiger partial charge in [-0.2, -0.15) is 0 Å². The quantitative estimate of drug-likeness (QED) is 0.564. The average molecular weight is 255 g/mol. The first-order valence-electron chi connectivity index (χ1n) is 6.16. The van der Waals surface area contributed by atoms with E-state index in [2.05, 4.69) is 25.6 Å². The fraction of sp³-hybridized carbons (Fsp3) is 0.846. The van der Waals surface area contributed by atoms with E-state index in [0.717, 1.165) is 6.42 Å². The Morgan fingerprint density at radius 2 is 1.88 bits per heavy atom. The van der Waals surface area contributed by atoms with Crippen LogP contribution >= 0.6 is 0 Å². The van der Waals surface area contributed by atoms with Crippen LogP contribution in [-0.4, -0.2) is 20.3 Å². The highest BCUT2D eigenvalue weighted by molar-refractivity contribution is 6.75. The van der Waals surface area contributed by atoms with Gasteiger partial charge in [-0.15, -0.1) is 0 Å². The molecule has 0 aromatic carbocycles. The van der Waals surface area contributed by atoms with Crippen molar-refractivity contribution in [2.75, 3.05) is 0 Å². The summed E-state index contributed by atoms with van der Waals surface area (Å²) in [7, 11) is -2.10. The molecule has 98 valence electrons. The molecule has 0 unspecified atom stereocenters. The second-order valence-corrected chi connectivity index (χ2v) is 10.9. The Hall–Kier alpha value is -0.823. The van der Waals surface area contributed by atoms with Crippen molar-refractivity contribution < 1.29 is 9.22 Å². The van der Waals surface area contributed by atoms with E-state index in [0.29, 0.717) is 0 Å². The summed E-state index contributed by atoms with van der Waals surface area (Å²) in [5.74, 6) is -0.272. The lowest BCUT2D eigenvalue weighted by Crippen LogP contribution is -2.45. The van der Waals surface area contributed by atoms with Gasteiger partial charge in [0.1, 0.15) is 0 Å². The van der Waals surface area contributed by atoms with Crippen LogP contribution in [-0.2, 0) is 9.22 Å². The van der Waals surface area contributed by atoms with Crippen molar-refractivity contribution in [2.24, 2.45) is 5.92 Å². The van der Waals surface area contributed by atoms with E-state index in [-0.39, 0.29) is 16.9 Å². The lowest BCUT2D eigenvalue weighted by atomic mass is 10.0. The van der Waals surface area contributed by atoms with Gasteiger partial charge in [0.15, 0.2) is 0 Å². The number of nitrogens with zero attached hydrogens (tertiary/aromatic N) is 1. The van der Waals surface area contributed by atoms with Crippen molar-refractivity contribution in [1.29, 1.82) is 0 Å². The van der Waals surface area contributed by atoms with E-state index in [4.69, 9.17) is 11.0 Å². The Morgan fingerprint density at radius 3 is 2.18 bits per heavy atom. The van der Waals surface area contributed by atoms with Crippen LogP contribution in [0, 0.1) is 12.5 Å². The lowest BCUT2D eigenvalue weighted by Gasteiger charge is -2.35. The van der Waals surface area contributed by atoms with E-state index in [1.165, 1.54) is 0 Å². The van der Waals surface area contributed by atoms with Crippen molar-refractivity contribution in [1.82, 2.24) is 0 Å². The third-order valence-corrected chi connectivity index (χ3v) is 8.05. The van der Waals surface area contributed by atoms with Gasteiger partial charge < -0.3 is 9.27 Å². The molecule has 0 bridgehead atoms. The Kier molecular flexibility index (Phi) is 5.40. The molecule has 3 nitrogen and oxygen atoms in total. The van der Waals surface area contributed by atoms with E-state index in [1.807, 2.05) is 26.9 Å². The second kappa shape index (κ2) is 5.68. The first-order valence-corrected chi connectivity index (χ1v) is 9.07. The van der Waals surface area contributed by atoms with Gasteiger partial charge in [0.05, 0.1) is 0 Å². The third-order valence-electron chi connectivity index (χ3n) is 3.73. The zero-order chi connectivity index (χ0) is 13.9. The number of hydrogen-bond acceptors (Lipinski definition) is 2. The Balaban J connectivity index is 4.81. The summed E-state index contributed by atoms with van der Waals surface area (Å²) in [6.07, 6.45) is 0.819. The molecular formula is C13H25NO2Si. The standard InChI is InChI=1S/C13H25NO2Si/c1-9-10(2)11(14-6)12(15)16-17(7,8)13(3,4)5/h10-11H,9H2,1-5,7-8H3/t10-,11-/m0/s1. The zero-order valence-corrected chi connectivity index (χ0v) is 13.1. The Morgan fingerprint density at radius 1 is 1.41 bits per heavy atom. The van der Waals surface area contributed by atoms with Crippen LogP contribution in [0.3, 0.4) is 0 Å². The van der Waals surface area contributed by atoms with Crippen molar-refractivity contribution in [2.45, 2.75) is 65.2 Å². The predicted octanol–water partition coefficient (Wildman–Crippen LogP) is 3.87. The summed E-state index contributed by atoms with van der Waals surface area (Å²) in [6.45, 7) is 21.4. The van der Waals surface area contributed by atoms with Crippen LogP contribution in [0.4, 0.5) is 0 Å². The molecule has 0 heterocycles. The molecule has 4 heteroatoms. The number of carbonyl (C=O) groups is 1. The molecule has 0 saturated carbocycles. The first-order chi connectivity index (χ1) is 7.56. The maximum absolute atomic E-state index is 12.0. The molecule has 0 aliphatic carbocycles. The smallest absolute Gasteiger partial charge is 0.377 e. The maximum Gasteiger partial charge on any atom is 0.377 e. The SMILES string of the molecule is [C-]#[N+][C@H](C(=O)O[Si](C)(C)C(C)(C)C)[C@@H](C)CC. The van der Waals surface area contributed by atoms with Crippen LogP contribution in [0.5, 0.6) is 0 Å². The van der Waals surface area contributed by atoms with Crippen LogP contribution < -0.4 is 0 Å². The normalized spacial score (nSPS) is 15.9. The van der Waals surface area contributed by atoms with E-state index < -0.39 is 14.4 Å². The van der Waals surface area contributed by atoms with Gasteiger partial charge in [-0.1, -0.05) is 34.6 Å². The first kappa shape index (κ1) is 16.2. The molecule has 0 radical (unpaired) electrons. The molecule has 0 amide bonds. The van der Waals surface area contributed by atoms with Crippen molar-refractivity contribution in [3.8, 4) is 0 Å². The van der Waals surface area contributed by atoms with Crippen LogP contribution in [0.2, 0.25) is 18.1 Å². The monoisotopic (exact) mass is 255 g/mol. The summed E-state index contributed by atoms with van der Waals surface area (Å²) in [4.78, 5) is 15.5. The highest BCUT2D eigenvalue weighted by Gasteiger charge is 2.43. The molecule has 0 spiro atoms. The summed E-state index contributed by atoms with van der Waals surface area (Å²) in [6, 6.07) is -0.644. The van der Waals surface area contributed by atoms with Crippen molar-refractivity contribution >= 4 is 14.3 Å². The zero-order valence-electron chi connectivity index (χ0n) is 12.1. The van der Waals surface area contributed by atoms with E-state index in [9.17, 15) is 4.79 Å². The van der Waals surface area contributed by atoms with Gasteiger partial charge in [0.25, 0.3) is 8.32 Å². The number of rotatable bonds is 4. The predicted molar refractivity (Wildman–Crippen MR) is 73.1 cm³/mol. The third kappa shape index (κ3) is 4.16. The number of carbonyl (C=O) groups excluding carboxylic acids is 1. The molecule has 17 heavy (non-hydrogen) atoms. The fourth-order valence-corrected chi connectivity index (χ4v) is 2.03. The summed E-state index contributed by atoms with van der Waals surface area (Å²) < 4.78 is 5.66. The lowest BCUT2D eigenvalue weighted by molar-refractivity contribution is -0.137.